The zero-order chi connectivity index (χ0) is 24.8. The third kappa shape index (κ3) is 6.22. The van der Waals surface area contributed by atoms with Gasteiger partial charge in [-0.15, -0.1) is 21.5 Å². The van der Waals surface area contributed by atoms with E-state index < -0.39 is 0 Å². The number of carbonyl (C=O) groups excluding carboxylic acids is 1. The summed E-state index contributed by atoms with van der Waals surface area (Å²) in [5, 5.41) is 22.1. The predicted molar refractivity (Wildman–Crippen MR) is 131 cm³/mol. The normalized spacial score (nSPS) is 11.6. The number of nitrogens with one attached hydrogen (secondary N) is 1. The summed E-state index contributed by atoms with van der Waals surface area (Å²) in [5.74, 6) is 2.17. The Morgan fingerprint density at radius 3 is 2.54 bits per heavy atom. The van der Waals surface area contributed by atoms with E-state index in [9.17, 15) is 4.79 Å². The summed E-state index contributed by atoms with van der Waals surface area (Å²) in [6.07, 6.45) is 1.47. The minimum atomic E-state index is -0.352. The van der Waals surface area contributed by atoms with Crippen LogP contribution in [0.2, 0.25) is 0 Å². The molecule has 2 aromatic heterocycles. The van der Waals surface area contributed by atoms with E-state index in [0.717, 1.165) is 5.56 Å². The van der Waals surface area contributed by atoms with Crippen molar-refractivity contribution in [1.29, 1.82) is 5.26 Å². The first kappa shape index (κ1) is 23.9. The van der Waals surface area contributed by atoms with E-state index in [0.29, 0.717) is 39.7 Å². The molecule has 0 bridgehead atoms. The van der Waals surface area contributed by atoms with Gasteiger partial charge in [-0.3, -0.25) is 10.1 Å². The maximum absolute atomic E-state index is 12.8. The molecule has 0 aliphatic heterocycles. The highest BCUT2D eigenvalue weighted by molar-refractivity contribution is 7.13. The predicted octanol–water partition coefficient (Wildman–Crippen LogP) is 6.04. The molecule has 2 aromatic carbocycles. The van der Waals surface area contributed by atoms with Crippen molar-refractivity contribution in [3.05, 3.63) is 65.5 Å². The molecule has 0 saturated heterocycles. The minimum Gasteiger partial charge on any atom is -0.489 e. The SMILES string of the molecule is CC(CC#N)Oc1cc(Oc2ccc(-c3nnc(C(C)C)o3)cc2)cc(C(=O)Nc2nccs2)c1. The Balaban J connectivity index is 1.56. The molecule has 0 fully saturated rings. The van der Waals surface area contributed by atoms with E-state index in [-0.39, 0.29) is 24.3 Å². The van der Waals surface area contributed by atoms with Crippen LogP contribution in [-0.2, 0) is 0 Å². The Labute approximate surface area is 206 Å². The number of benzene rings is 2. The van der Waals surface area contributed by atoms with Crippen molar-refractivity contribution in [3.8, 4) is 34.8 Å². The molecule has 1 unspecified atom stereocenters. The molecule has 4 aromatic rings. The fourth-order valence-electron chi connectivity index (χ4n) is 3.07. The number of hydrogen-bond donors (Lipinski definition) is 1. The molecule has 0 radical (unpaired) electrons. The summed E-state index contributed by atoms with van der Waals surface area (Å²) in [6, 6.07) is 14.2. The van der Waals surface area contributed by atoms with Crippen LogP contribution in [0.5, 0.6) is 17.2 Å². The van der Waals surface area contributed by atoms with Crippen molar-refractivity contribution in [2.75, 3.05) is 5.32 Å². The molecule has 0 saturated carbocycles. The maximum atomic E-state index is 12.8. The number of thiazole rings is 1. The molecular weight excluding hydrogens is 466 g/mol. The number of nitriles is 1. The van der Waals surface area contributed by atoms with Crippen molar-refractivity contribution >= 4 is 22.4 Å². The van der Waals surface area contributed by atoms with Gasteiger partial charge in [-0.2, -0.15) is 5.26 Å². The van der Waals surface area contributed by atoms with Crippen LogP contribution in [0.4, 0.5) is 5.13 Å². The summed E-state index contributed by atoms with van der Waals surface area (Å²) in [4.78, 5) is 16.9. The Morgan fingerprint density at radius 2 is 1.89 bits per heavy atom. The number of amides is 1. The van der Waals surface area contributed by atoms with E-state index in [1.807, 2.05) is 26.0 Å². The monoisotopic (exact) mass is 489 g/mol. The lowest BCUT2D eigenvalue weighted by molar-refractivity contribution is 0.102. The van der Waals surface area contributed by atoms with Gasteiger partial charge >= 0.3 is 0 Å². The second-order valence-corrected chi connectivity index (χ2v) is 8.90. The van der Waals surface area contributed by atoms with Crippen LogP contribution in [0.1, 0.15) is 49.4 Å². The molecule has 1 atom stereocenters. The van der Waals surface area contributed by atoms with Crippen LogP contribution in [0.25, 0.3) is 11.5 Å². The first-order valence-electron chi connectivity index (χ1n) is 10.9. The lowest BCUT2D eigenvalue weighted by atomic mass is 10.1. The fraction of sp³-hybridized carbons (Fsp3) is 0.240. The van der Waals surface area contributed by atoms with Gasteiger partial charge in [0.1, 0.15) is 23.4 Å². The quantitative estimate of drug-likeness (QED) is 0.302. The minimum absolute atomic E-state index is 0.145. The summed E-state index contributed by atoms with van der Waals surface area (Å²) in [7, 11) is 0. The third-order valence-corrected chi connectivity index (χ3v) is 5.47. The molecule has 0 aliphatic carbocycles. The summed E-state index contributed by atoms with van der Waals surface area (Å²) in [5.41, 5.74) is 1.10. The largest absolute Gasteiger partial charge is 0.489 e. The smallest absolute Gasteiger partial charge is 0.257 e. The van der Waals surface area contributed by atoms with Crippen molar-refractivity contribution < 1.29 is 18.7 Å². The second kappa shape index (κ2) is 10.8. The van der Waals surface area contributed by atoms with Gasteiger partial charge in [-0.1, -0.05) is 13.8 Å². The standard InChI is InChI=1S/C25H23N5O4S/c1-15(2)23-29-30-24(34-23)17-4-6-19(7-5-17)33-21-13-18(22(31)28-25-27-10-11-35-25)12-20(14-21)32-16(3)8-9-26/h4-7,10-16H,8H2,1-3H3,(H,27,28,31). The Morgan fingerprint density at radius 1 is 1.11 bits per heavy atom. The Hall–Kier alpha value is -4.23. The van der Waals surface area contributed by atoms with E-state index in [4.69, 9.17) is 19.2 Å². The number of carbonyl (C=O) groups is 1. The lowest BCUT2D eigenvalue weighted by Crippen LogP contribution is -2.14. The van der Waals surface area contributed by atoms with Gasteiger partial charge in [0, 0.05) is 34.7 Å². The van der Waals surface area contributed by atoms with Crippen molar-refractivity contribution in [1.82, 2.24) is 15.2 Å². The van der Waals surface area contributed by atoms with E-state index >= 15 is 0 Å². The highest BCUT2D eigenvalue weighted by Crippen LogP contribution is 2.30. The maximum Gasteiger partial charge on any atom is 0.257 e. The van der Waals surface area contributed by atoms with Gasteiger partial charge in [0.15, 0.2) is 5.13 Å². The van der Waals surface area contributed by atoms with Crippen LogP contribution in [0.3, 0.4) is 0 Å². The number of hydrogen-bond acceptors (Lipinski definition) is 9. The van der Waals surface area contributed by atoms with Crippen LogP contribution < -0.4 is 14.8 Å². The number of anilines is 1. The van der Waals surface area contributed by atoms with E-state index in [1.54, 1.807) is 48.8 Å². The van der Waals surface area contributed by atoms with E-state index in [1.165, 1.54) is 11.3 Å². The van der Waals surface area contributed by atoms with Gasteiger partial charge in [0.05, 0.1) is 12.5 Å². The zero-order valence-corrected chi connectivity index (χ0v) is 20.2. The molecule has 0 aliphatic rings. The van der Waals surface area contributed by atoms with Gasteiger partial charge in [0.25, 0.3) is 5.91 Å². The Bertz CT molecular complexity index is 1330. The van der Waals surface area contributed by atoms with Gasteiger partial charge in [-0.05, 0) is 43.3 Å². The lowest BCUT2D eigenvalue weighted by Gasteiger charge is -2.15. The second-order valence-electron chi connectivity index (χ2n) is 8.00. The summed E-state index contributed by atoms with van der Waals surface area (Å²) >= 11 is 1.32. The molecule has 1 N–H and O–H groups in total. The summed E-state index contributed by atoms with van der Waals surface area (Å²) in [6.45, 7) is 5.75. The topological polar surface area (TPSA) is 123 Å². The average molecular weight is 490 g/mol. The molecule has 35 heavy (non-hydrogen) atoms. The third-order valence-electron chi connectivity index (χ3n) is 4.78. The van der Waals surface area contributed by atoms with Crippen LogP contribution in [0.15, 0.2) is 58.5 Å². The molecule has 9 nitrogen and oxygen atoms in total. The van der Waals surface area contributed by atoms with Crippen molar-refractivity contribution in [3.63, 3.8) is 0 Å². The molecule has 2 heterocycles. The number of nitrogens with zero attached hydrogens (tertiary/aromatic N) is 4. The van der Waals surface area contributed by atoms with E-state index in [2.05, 4.69) is 26.6 Å². The zero-order valence-electron chi connectivity index (χ0n) is 19.4. The number of ether oxygens (including phenoxy) is 2. The van der Waals surface area contributed by atoms with Gasteiger partial charge in [0.2, 0.25) is 11.8 Å². The molecule has 0 spiro atoms. The van der Waals surface area contributed by atoms with Crippen LogP contribution in [0, 0.1) is 11.3 Å². The molecule has 178 valence electrons. The van der Waals surface area contributed by atoms with Crippen molar-refractivity contribution in [2.24, 2.45) is 0 Å². The first-order chi connectivity index (χ1) is 16.9. The van der Waals surface area contributed by atoms with Crippen LogP contribution >= 0.6 is 11.3 Å². The average Bonchev–Trinajstić information content (AvgIpc) is 3.52. The highest BCUT2D eigenvalue weighted by Gasteiger charge is 2.15. The first-order valence-corrected chi connectivity index (χ1v) is 11.8. The van der Waals surface area contributed by atoms with Gasteiger partial charge < -0.3 is 13.9 Å². The summed E-state index contributed by atoms with van der Waals surface area (Å²) < 4.78 is 17.5. The van der Waals surface area contributed by atoms with Gasteiger partial charge in [-0.25, -0.2) is 4.98 Å². The van der Waals surface area contributed by atoms with Crippen molar-refractivity contribution in [2.45, 2.75) is 39.2 Å². The molecule has 4 rings (SSSR count). The highest BCUT2D eigenvalue weighted by atomic mass is 32.1. The molecule has 1 amide bonds. The number of rotatable bonds is 9. The molecule has 10 heteroatoms. The number of aromatic nitrogens is 3. The fourth-order valence-corrected chi connectivity index (χ4v) is 3.60. The Kier molecular flexibility index (Phi) is 7.38. The molecular formula is C25H23N5O4S. The van der Waals surface area contributed by atoms with Crippen LogP contribution in [-0.4, -0.2) is 27.2 Å².